The van der Waals surface area contributed by atoms with E-state index in [1.807, 2.05) is 6.07 Å². The van der Waals surface area contributed by atoms with Gasteiger partial charge >= 0.3 is 0 Å². The molecule has 106 valence electrons. The van der Waals surface area contributed by atoms with E-state index in [1.165, 1.54) is 0 Å². The smallest absolute Gasteiger partial charge is 0.143 e. The summed E-state index contributed by atoms with van der Waals surface area (Å²) in [5.41, 5.74) is 9.25. The van der Waals surface area contributed by atoms with Gasteiger partial charge in [-0.25, -0.2) is 4.68 Å². The number of benzene rings is 1. The largest absolute Gasteiger partial charge is 0.382 e. The fourth-order valence-corrected chi connectivity index (χ4v) is 2.77. The van der Waals surface area contributed by atoms with E-state index in [9.17, 15) is 0 Å². The molecule has 20 heavy (non-hydrogen) atoms. The van der Waals surface area contributed by atoms with Crippen molar-refractivity contribution in [2.75, 3.05) is 5.32 Å². The zero-order chi connectivity index (χ0) is 13.9. The van der Waals surface area contributed by atoms with E-state index in [2.05, 4.69) is 39.9 Å². The summed E-state index contributed by atoms with van der Waals surface area (Å²) in [5, 5.41) is 14.9. The number of nitrogens with two attached hydrogens (primary N) is 1. The van der Waals surface area contributed by atoms with Crippen molar-refractivity contribution in [3.63, 3.8) is 0 Å². The highest BCUT2D eigenvalue weighted by Gasteiger charge is 2.18. The molecule has 0 saturated heterocycles. The summed E-state index contributed by atoms with van der Waals surface area (Å²) in [6.45, 7) is 2.07. The second kappa shape index (κ2) is 5.58. The summed E-state index contributed by atoms with van der Waals surface area (Å²) in [4.78, 5) is 0. The van der Waals surface area contributed by atoms with Crippen LogP contribution in [0, 0.1) is 6.92 Å². The molecule has 1 saturated carbocycles. The van der Waals surface area contributed by atoms with Crippen molar-refractivity contribution in [3.8, 4) is 5.69 Å². The Labute approximate surface area is 118 Å². The molecule has 0 spiro atoms. The van der Waals surface area contributed by atoms with Crippen LogP contribution in [0.15, 0.2) is 24.5 Å². The first-order valence-corrected chi connectivity index (χ1v) is 7.08. The number of nitrogens with zero attached hydrogens (tertiary/aromatic N) is 4. The standard InChI is InChI=1S/C14H20N6/c1-10-8-13(17-12-4-2-11(15)3-5-12)6-7-14(10)20-9-16-18-19-20/h6-9,11-12,17H,2-5,15H2,1H3. The lowest BCUT2D eigenvalue weighted by Crippen LogP contribution is -2.32. The Morgan fingerprint density at radius 1 is 1.25 bits per heavy atom. The molecule has 0 amide bonds. The molecule has 0 radical (unpaired) electrons. The van der Waals surface area contributed by atoms with E-state index >= 15 is 0 Å². The summed E-state index contributed by atoms with van der Waals surface area (Å²) < 4.78 is 1.68. The fraction of sp³-hybridized carbons (Fsp3) is 0.500. The Morgan fingerprint density at radius 2 is 2.05 bits per heavy atom. The summed E-state index contributed by atoms with van der Waals surface area (Å²) in [7, 11) is 0. The zero-order valence-electron chi connectivity index (χ0n) is 11.7. The minimum Gasteiger partial charge on any atom is -0.382 e. The van der Waals surface area contributed by atoms with Gasteiger partial charge in [-0.2, -0.15) is 0 Å². The van der Waals surface area contributed by atoms with Gasteiger partial charge in [0.15, 0.2) is 0 Å². The van der Waals surface area contributed by atoms with Gasteiger partial charge in [-0.05, 0) is 66.8 Å². The van der Waals surface area contributed by atoms with Crippen LogP contribution in [0.25, 0.3) is 5.69 Å². The minimum atomic E-state index is 0.386. The first-order chi connectivity index (χ1) is 9.72. The number of aromatic nitrogens is 4. The van der Waals surface area contributed by atoms with Crippen LogP contribution < -0.4 is 11.1 Å². The maximum absolute atomic E-state index is 5.94. The number of hydrogen-bond donors (Lipinski definition) is 2. The van der Waals surface area contributed by atoms with E-state index in [0.29, 0.717) is 12.1 Å². The second-order valence-corrected chi connectivity index (χ2v) is 5.51. The number of aryl methyl sites for hydroxylation is 1. The van der Waals surface area contributed by atoms with E-state index in [4.69, 9.17) is 5.73 Å². The molecule has 1 aliphatic carbocycles. The monoisotopic (exact) mass is 272 g/mol. The van der Waals surface area contributed by atoms with Crippen LogP contribution in [0.5, 0.6) is 0 Å². The zero-order valence-corrected chi connectivity index (χ0v) is 11.7. The van der Waals surface area contributed by atoms with Crippen LogP contribution in [0.2, 0.25) is 0 Å². The normalized spacial score (nSPS) is 22.7. The molecule has 3 N–H and O–H groups in total. The summed E-state index contributed by atoms with van der Waals surface area (Å²) in [6.07, 6.45) is 6.13. The molecule has 0 aliphatic heterocycles. The Balaban J connectivity index is 1.71. The Hall–Kier alpha value is -1.95. The van der Waals surface area contributed by atoms with Gasteiger partial charge in [0.1, 0.15) is 6.33 Å². The molecular formula is C14H20N6. The minimum absolute atomic E-state index is 0.386. The number of nitrogens with one attached hydrogen (secondary N) is 1. The molecule has 6 nitrogen and oxygen atoms in total. The quantitative estimate of drug-likeness (QED) is 0.888. The number of rotatable bonds is 3. The van der Waals surface area contributed by atoms with Crippen LogP contribution in [-0.4, -0.2) is 32.3 Å². The van der Waals surface area contributed by atoms with E-state index in [0.717, 1.165) is 42.6 Å². The Kier molecular flexibility index (Phi) is 3.64. The number of anilines is 1. The van der Waals surface area contributed by atoms with Gasteiger partial charge in [-0.3, -0.25) is 0 Å². The van der Waals surface area contributed by atoms with E-state index in [-0.39, 0.29) is 0 Å². The summed E-state index contributed by atoms with van der Waals surface area (Å²) >= 11 is 0. The predicted molar refractivity (Wildman–Crippen MR) is 77.7 cm³/mol. The highest BCUT2D eigenvalue weighted by atomic mass is 15.5. The van der Waals surface area contributed by atoms with Gasteiger partial charge in [-0.15, -0.1) is 5.10 Å². The molecule has 0 atom stereocenters. The van der Waals surface area contributed by atoms with Gasteiger partial charge in [0.25, 0.3) is 0 Å². The average Bonchev–Trinajstić information content (AvgIpc) is 2.95. The van der Waals surface area contributed by atoms with Gasteiger partial charge in [0.05, 0.1) is 5.69 Å². The molecule has 1 heterocycles. The third-order valence-electron chi connectivity index (χ3n) is 3.94. The molecule has 1 aliphatic rings. The fourth-order valence-electron chi connectivity index (χ4n) is 2.77. The van der Waals surface area contributed by atoms with Crippen LogP contribution in [0.4, 0.5) is 5.69 Å². The number of tetrazole rings is 1. The van der Waals surface area contributed by atoms with Crippen LogP contribution in [0.3, 0.4) is 0 Å². The van der Waals surface area contributed by atoms with Crippen molar-refractivity contribution in [2.45, 2.75) is 44.7 Å². The van der Waals surface area contributed by atoms with Crippen molar-refractivity contribution in [2.24, 2.45) is 5.73 Å². The lowest BCUT2D eigenvalue weighted by molar-refractivity contribution is 0.411. The Morgan fingerprint density at radius 3 is 2.70 bits per heavy atom. The van der Waals surface area contributed by atoms with Crippen molar-refractivity contribution >= 4 is 5.69 Å². The van der Waals surface area contributed by atoms with Crippen molar-refractivity contribution in [3.05, 3.63) is 30.1 Å². The Bertz CT molecular complexity index is 557. The third-order valence-corrected chi connectivity index (χ3v) is 3.94. The maximum Gasteiger partial charge on any atom is 0.143 e. The average molecular weight is 272 g/mol. The highest BCUT2D eigenvalue weighted by molar-refractivity contribution is 5.53. The first-order valence-electron chi connectivity index (χ1n) is 7.08. The predicted octanol–water partition coefficient (Wildman–Crippen LogP) is 1.65. The molecule has 3 rings (SSSR count). The van der Waals surface area contributed by atoms with Crippen LogP contribution in [0.1, 0.15) is 31.2 Å². The van der Waals surface area contributed by atoms with Crippen molar-refractivity contribution in [1.82, 2.24) is 20.2 Å². The van der Waals surface area contributed by atoms with Crippen LogP contribution in [-0.2, 0) is 0 Å². The maximum atomic E-state index is 5.94. The highest BCUT2D eigenvalue weighted by Crippen LogP contribution is 2.23. The molecule has 6 heteroatoms. The van der Waals surface area contributed by atoms with Crippen molar-refractivity contribution in [1.29, 1.82) is 0 Å². The SMILES string of the molecule is Cc1cc(NC2CCC(N)CC2)ccc1-n1cnnn1. The molecular weight excluding hydrogens is 252 g/mol. The summed E-state index contributed by atoms with van der Waals surface area (Å²) in [5.74, 6) is 0. The second-order valence-electron chi connectivity index (χ2n) is 5.51. The lowest BCUT2D eigenvalue weighted by atomic mass is 9.91. The van der Waals surface area contributed by atoms with Crippen molar-refractivity contribution < 1.29 is 0 Å². The van der Waals surface area contributed by atoms with Gasteiger partial charge in [0.2, 0.25) is 0 Å². The lowest BCUT2D eigenvalue weighted by Gasteiger charge is -2.27. The first kappa shape index (κ1) is 13.1. The van der Waals surface area contributed by atoms with E-state index < -0.39 is 0 Å². The summed E-state index contributed by atoms with van der Waals surface area (Å²) in [6, 6.07) is 7.19. The molecule has 1 aromatic carbocycles. The third kappa shape index (κ3) is 2.80. The topological polar surface area (TPSA) is 81.6 Å². The molecule has 0 unspecified atom stereocenters. The van der Waals surface area contributed by atoms with Gasteiger partial charge < -0.3 is 11.1 Å². The van der Waals surface area contributed by atoms with Crippen LogP contribution >= 0.6 is 0 Å². The molecule has 1 aromatic heterocycles. The van der Waals surface area contributed by atoms with Gasteiger partial charge in [-0.1, -0.05) is 0 Å². The molecule has 0 bridgehead atoms. The number of hydrogen-bond acceptors (Lipinski definition) is 5. The molecule has 2 aromatic rings. The van der Waals surface area contributed by atoms with E-state index in [1.54, 1.807) is 11.0 Å². The van der Waals surface area contributed by atoms with Gasteiger partial charge in [0, 0.05) is 17.8 Å². The molecule has 1 fully saturated rings.